The zero-order valence-electron chi connectivity index (χ0n) is 14.8. The van der Waals surface area contributed by atoms with E-state index in [9.17, 15) is 14.4 Å². The summed E-state index contributed by atoms with van der Waals surface area (Å²) in [6, 6.07) is 16.5. The smallest absolute Gasteiger partial charge is 0.458 e. The van der Waals surface area contributed by atoms with Gasteiger partial charge in [0.15, 0.2) is 6.10 Å². The number of carbonyl (C=O) groups excluding carboxylic acids is 3. The van der Waals surface area contributed by atoms with Crippen LogP contribution in [0.4, 0.5) is 9.59 Å². The predicted octanol–water partition coefficient (Wildman–Crippen LogP) is 3.52. The van der Waals surface area contributed by atoms with Gasteiger partial charge in [-0.1, -0.05) is 43.0 Å². The number of ether oxygens (including phenoxy) is 5. The normalized spacial score (nSPS) is 10.9. The number of benzene rings is 2. The van der Waals surface area contributed by atoms with Gasteiger partial charge in [-0.3, -0.25) is 0 Å². The van der Waals surface area contributed by atoms with E-state index in [1.165, 1.54) is 0 Å². The van der Waals surface area contributed by atoms with Crippen molar-refractivity contribution in [3.05, 3.63) is 73.3 Å². The monoisotopic (exact) mass is 386 g/mol. The first kappa shape index (κ1) is 20.5. The minimum Gasteiger partial charge on any atom is -0.458 e. The molecule has 0 N–H and O–H groups in total. The third-order valence-corrected chi connectivity index (χ3v) is 3.12. The van der Waals surface area contributed by atoms with Gasteiger partial charge in [-0.05, 0) is 24.3 Å². The molecule has 2 aromatic carbocycles. The second-order valence-corrected chi connectivity index (χ2v) is 5.22. The molecule has 0 saturated carbocycles. The van der Waals surface area contributed by atoms with E-state index in [-0.39, 0.29) is 18.1 Å². The van der Waals surface area contributed by atoms with E-state index in [0.29, 0.717) is 0 Å². The number of hydrogen-bond donors (Lipinski definition) is 0. The molecule has 0 saturated heterocycles. The third-order valence-electron chi connectivity index (χ3n) is 3.12. The van der Waals surface area contributed by atoms with Crippen molar-refractivity contribution in [1.29, 1.82) is 0 Å². The van der Waals surface area contributed by atoms with Crippen LogP contribution >= 0.6 is 0 Å². The fourth-order valence-electron chi connectivity index (χ4n) is 1.87. The second-order valence-electron chi connectivity index (χ2n) is 5.22. The lowest BCUT2D eigenvalue weighted by molar-refractivity contribution is -0.141. The van der Waals surface area contributed by atoms with E-state index in [4.69, 9.17) is 23.7 Å². The zero-order valence-corrected chi connectivity index (χ0v) is 14.8. The highest BCUT2D eigenvalue weighted by atomic mass is 16.8. The van der Waals surface area contributed by atoms with Gasteiger partial charge in [0.2, 0.25) is 0 Å². The Balaban J connectivity index is 1.88. The maximum atomic E-state index is 11.9. The Kier molecular flexibility index (Phi) is 8.07. The van der Waals surface area contributed by atoms with Crippen LogP contribution < -0.4 is 9.47 Å². The summed E-state index contributed by atoms with van der Waals surface area (Å²) in [4.78, 5) is 34.9. The zero-order chi connectivity index (χ0) is 20.2. The molecule has 0 aliphatic carbocycles. The van der Waals surface area contributed by atoms with Crippen molar-refractivity contribution >= 4 is 18.3 Å². The highest BCUT2D eigenvalue weighted by Gasteiger charge is 2.21. The van der Waals surface area contributed by atoms with Gasteiger partial charge in [-0.2, -0.15) is 0 Å². The summed E-state index contributed by atoms with van der Waals surface area (Å²) in [7, 11) is 0. The van der Waals surface area contributed by atoms with Gasteiger partial charge in [0, 0.05) is 6.08 Å². The molecule has 0 heterocycles. The van der Waals surface area contributed by atoms with Crippen molar-refractivity contribution in [3.63, 3.8) is 0 Å². The van der Waals surface area contributed by atoms with Crippen LogP contribution in [0.15, 0.2) is 73.3 Å². The Morgan fingerprint density at radius 1 is 0.786 bits per heavy atom. The molecule has 0 fully saturated rings. The van der Waals surface area contributed by atoms with Crippen molar-refractivity contribution in [1.82, 2.24) is 0 Å². The number of hydrogen-bond acceptors (Lipinski definition) is 8. The number of rotatable bonds is 8. The number of carbonyl (C=O) groups is 3. The topological polar surface area (TPSA) is 97.4 Å². The first-order valence-electron chi connectivity index (χ1n) is 8.19. The molecule has 0 aromatic heterocycles. The lowest BCUT2D eigenvalue weighted by Gasteiger charge is -2.17. The van der Waals surface area contributed by atoms with Gasteiger partial charge in [0.05, 0.1) is 0 Å². The summed E-state index contributed by atoms with van der Waals surface area (Å²) in [5, 5.41) is 0. The molecule has 0 radical (unpaired) electrons. The molecule has 2 rings (SSSR count). The average Bonchev–Trinajstić information content (AvgIpc) is 2.71. The Morgan fingerprint density at radius 3 is 1.82 bits per heavy atom. The largest absolute Gasteiger partial charge is 0.514 e. The molecular formula is C20H18O8. The van der Waals surface area contributed by atoms with Gasteiger partial charge in [-0.25, -0.2) is 14.4 Å². The van der Waals surface area contributed by atoms with E-state index in [1.54, 1.807) is 60.7 Å². The number of para-hydroxylation sites is 2. The van der Waals surface area contributed by atoms with Crippen LogP contribution in [0.3, 0.4) is 0 Å². The molecule has 2 aromatic rings. The predicted molar refractivity (Wildman–Crippen MR) is 96.9 cm³/mol. The summed E-state index contributed by atoms with van der Waals surface area (Å²) >= 11 is 0. The highest BCUT2D eigenvalue weighted by molar-refractivity contribution is 5.81. The van der Waals surface area contributed by atoms with Crippen LogP contribution in [0.2, 0.25) is 0 Å². The lowest BCUT2D eigenvalue weighted by Crippen LogP contribution is -2.32. The Morgan fingerprint density at radius 2 is 1.29 bits per heavy atom. The average molecular weight is 386 g/mol. The molecule has 146 valence electrons. The molecule has 8 nitrogen and oxygen atoms in total. The molecule has 0 aliphatic rings. The van der Waals surface area contributed by atoms with Crippen molar-refractivity contribution in [2.24, 2.45) is 0 Å². The van der Waals surface area contributed by atoms with Crippen LogP contribution in [0.5, 0.6) is 11.5 Å². The molecule has 1 unspecified atom stereocenters. The van der Waals surface area contributed by atoms with Gasteiger partial charge in [-0.15, -0.1) is 0 Å². The fraction of sp³-hybridized carbons (Fsp3) is 0.150. The van der Waals surface area contributed by atoms with Crippen LogP contribution in [0, 0.1) is 0 Å². The summed E-state index contributed by atoms with van der Waals surface area (Å²) < 4.78 is 24.7. The standard InChI is InChI=1S/C20H18O8/c1-2-18(21)24-13-17(28-20(23)27-16-11-7-4-8-12-16)14-25-19(22)26-15-9-5-3-6-10-15/h2-12,17H,1,13-14H2. The number of esters is 1. The summed E-state index contributed by atoms with van der Waals surface area (Å²) in [6.45, 7) is 2.48. The van der Waals surface area contributed by atoms with Crippen molar-refractivity contribution in [2.45, 2.75) is 6.10 Å². The van der Waals surface area contributed by atoms with Crippen molar-refractivity contribution in [3.8, 4) is 11.5 Å². The third kappa shape index (κ3) is 7.61. The molecule has 0 aliphatic heterocycles. The first-order chi connectivity index (χ1) is 13.6. The van der Waals surface area contributed by atoms with Crippen LogP contribution in [0.25, 0.3) is 0 Å². The minimum atomic E-state index is -1.11. The molecule has 8 heteroatoms. The Hall–Kier alpha value is -3.81. The molecule has 28 heavy (non-hydrogen) atoms. The van der Waals surface area contributed by atoms with E-state index in [1.807, 2.05) is 0 Å². The quantitative estimate of drug-likeness (QED) is 0.294. The van der Waals surface area contributed by atoms with Crippen LogP contribution in [0.1, 0.15) is 0 Å². The molecule has 0 spiro atoms. The minimum absolute atomic E-state index is 0.263. The maximum absolute atomic E-state index is 11.9. The van der Waals surface area contributed by atoms with Gasteiger partial charge in [0.25, 0.3) is 0 Å². The summed E-state index contributed by atoms with van der Waals surface area (Å²) in [6.07, 6.45) is -2.22. The second kappa shape index (κ2) is 11.0. The van der Waals surface area contributed by atoms with Crippen molar-refractivity contribution < 1.29 is 38.1 Å². The van der Waals surface area contributed by atoms with Crippen molar-refractivity contribution in [2.75, 3.05) is 13.2 Å². The summed E-state index contributed by atoms with van der Waals surface area (Å²) in [5.74, 6) is -0.179. The van der Waals surface area contributed by atoms with Crippen LogP contribution in [-0.2, 0) is 19.0 Å². The maximum Gasteiger partial charge on any atom is 0.514 e. The van der Waals surface area contributed by atoms with E-state index < -0.39 is 31.0 Å². The Labute approximate surface area is 161 Å². The Bertz CT molecular complexity index is 788. The fourth-order valence-corrected chi connectivity index (χ4v) is 1.87. The van der Waals surface area contributed by atoms with E-state index in [2.05, 4.69) is 6.58 Å². The van der Waals surface area contributed by atoms with E-state index in [0.717, 1.165) is 6.08 Å². The lowest BCUT2D eigenvalue weighted by atomic mass is 10.3. The highest BCUT2D eigenvalue weighted by Crippen LogP contribution is 2.11. The molecule has 1 atom stereocenters. The summed E-state index contributed by atoms with van der Waals surface area (Å²) in [5.41, 5.74) is 0. The van der Waals surface area contributed by atoms with Gasteiger partial charge in [0.1, 0.15) is 24.7 Å². The first-order valence-corrected chi connectivity index (χ1v) is 8.19. The molecule has 0 amide bonds. The molecule has 0 bridgehead atoms. The van der Waals surface area contributed by atoms with E-state index >= 15 is 0 Å². The van der Waals surface area contributed by atoms with Crippen LogP contribution in [-0.4, -0.2) is 37.6 Å². The van der Waals surface area contributed by atoms with Gasteiger partial charge < -0.3 is 23.7 Å². The van der Waals surface area contributed by atoms with Gasteiger partial charge >= 0.3 is 18.3 Å². The molecular weight excluding hydrogens is 368 g/mol. The SMILES string of the molecule is C=CC(=O)OCC(COC(=O)Oc1ccccc1)OC(=O)Oc1ccccc1.